The molecule has 4 amide bonds. The van der Waals surface area contributed by atoms with Gasteiger partial charge in [0.15, 0.2) is 0 Å². The Kier molecular flexibility index (Phi) is 5.43. The van der Waals surface area contributed by atoms with E-state index >= 15 is 0 Å². The first-order valence-corrected chi connectivity index (χ1v) is 10.0. The van der Waals surface area contributed by atoms with Crippen molar-refractivity contribution in [1.29, 1.82) is 0 Å². The maximum absolute atomic E-state index is 12.3. The lowest BCUT2D eigenvalue weighted by molar-refractivity contribution is -0.161. The maximum Gasteiger partial charge on any atom is 0.352 e. The highest BCUT2D eigenvalue weighted by Crippen LogP contribution is 2.46. The van der Waals surface area contributed by atoms with Gasteiger partial charge in [0.2, 0.25) is 5.91 Å². The molecule has 2 fully saturated rings. The number of rotatable bonds is 7. The van der Waals surface area contributed by atoms with Gasteiger partial charge in [-0.2, -0.15) is 0 Å². The average molecular weight is 443 g/mol. The summed E-state index contributed by atoms with van der Waals surface area (Å²) in [6, 6.07) is 4.71. The van der Waals surface area contributed by atoms with E-state index in [0.717, 1.165) is 0 Å². The fraction of sp³-hybridized carbons (Fsp3) is 0.381. The van der Waals surface area contributed by atoms with E-state index in [1.165, 1.54) is 11.8 Å². The van der Waals surface area contributed by atoms with E-state index in [2.05, 4.69) is 5.32 Å². The minimum Gasteiger partial charge on any atom is -0.477 e. The number of fused-ring (bicyclic) bond motifs is 1. The fourth-order valence-electron chi connectivity index (χ4n) is 4.32. The normalized spacial score (nSPS) is 25.1. The van der Waals surface area contributed by atoms with Crippen LogP contribution in [0.25, 0.3) is 5.57 Å². The number of esters is 1. The van der Waals surface area contributed by atoms with Crippen LogP contribution in [0.4, 0.5) is 4.79 Å². The minimum atomic E-state index is -1.21. The van der Waals surface area contributed by atoms with Crippen LogP contribution in [0.1, 0.15) is 30.9 Å². The van der Waals surface area contributed by atoms with E-state index in [4.69, 9.17) is 4.74 Å². The van der Waals surface area contributed by atoms with Crippen molar-refractivity contribution in [3.05, 3.63) is 41.1 Å². The molecule has 2 saturated heterocycles. The largest absolute Gasteiger partial charge is 0.477 e. The van der Waals surface area contributed by atoms with Crippen LogP contribution in [-0.4, -0.2) is 63.1 Å². The molecule has 3 aliphatic heterocycles. The molecule has 0 aliphatic carbocycles. The molecule has 0 aromatic heterocycles. The fourth-order valence-corrected chi connectivity index (χ4v) is 4.32. The van der Waals surface area contributed by atoms with Crippen molar-refractivity contribution in [2.75, 3.05) is 0 Å². The number of nitrogens with one attached hydrogen (secondary N) is 2. The monoisotopic (exact) mass is 443 g/mol. The van der Waals surface area contributed by atoms with Gasteiger partial charge in [0.25, 0.3) is 5.91 Å². The third kappa shape index (κ3) is 3.71. The third-order valence-corrected chi connectivity index (χ3v) is 5.86. The summed E-state index contributed by atoms with van der Waals surface area (Å²) in [6.45, 7) is 1.45. The van der Waals surface area contributed by atoms with Crippen LogP contribution in [-0.2, 0) is 30.5 Å². The second kappa shape index (κ2) is 8.08. The highest BCUT2D eigenvalue weighted by atomic mass is 16.5. The van der Waals surface area contributed by atoms with Crippen molar-refractivity contribution in [1.82, 2.24) is 15.5 Å². The molecule has 0 bridgehead atoms. The Bertz CT molecular complexity index is 1050. The molecular formula is C21H21N3O8. The number of carboxylic acids is 1. The number of ether oxygens (including phenoxy) is 1. The van der Waals surface area contributed by atoms with Crippen LogP contribution < -0.4 is 10.6 Å². The highest BCUT2D eigenvalue weighted by Gasteiger charge is 2.56. The zero-order valence-corrected chi connectivity index (χ0v) is 17.0. The Balaban J connectivity index is 1.41. The van der Waals surface area contributed by atoms with Crippen LogP contribution in [0.3, 0.4) is 0 Å². The SMILES string of the molecule is C[C@H](O)[C@H]1C(=O)N2C(C(=O)O)=C(c3ccc(COC(=O)C[C@H]4NC(=O)NC4=O)cc3)CC12. The molecular weight excluding hydrogens is 422 g/mol. The van der Waals surface area contributed by atoms with Crippen molar-refractivity contribution >= 4 is 35.4 Å². The molecule has 4 N–H and O–H groups in total. The smallest absolute Gasteiger partial charge is 0.352 e. The van der Waals surface area contributed by atoms with Gasteiger partial charge in [-0.25, -0.2) is 9.59 Å². The number of β-lactam (4-membered cyclic amide) rings is 1. The number of hydrogen-bond acceptors (Lipinski definition) is 7. The Morgan fingerprint density at radius 3 is 2.47 bits per heavy atom. The van der Waals surface area contributed by atoms with Crippen molar-refractivity contribution < 1.29 is 38.9 Å². The lowest BCUT2D eigenvalue weighted by Crippen LogP contribution is -2.61. The van der Waals surface area contributed by atoms with Crippen molar-refractivity contribution in [2.45, 2.75) is 44.6 Å². The van der Waals surface area contributed by atoms with Gasteiger partial charge >= 0.3 is 18.0 Å². The Morgan fingerprint density at radius 1 is 1.22 bits per heavy atom. The van der Waals surface area contributed by atoms with Crippen molar-refractivity contribution in [2.24, 2.45) is 5.92 Å². The van der Waals surface area contributed by atoms with Gasteiger partial charge in [0, 0.05) is 0 Å². The lowest BCUT2D eigenvalue weighted by Gasteiger charge is -2.44. The molecule has 0 radical (unpaired) electrons. The molecule has 4 rings (SSSR count). The standard InChI is InChI=1S/C21H21N3O8/c1-9(25)16-14-6-12(17(20(29)30)24(14)19(16)28)11-4-2-10(3-5-11)8-32-15(26)7-13-18(27)23-21(31)22-13/h2-5,9,13-14,16,25H,6-8H2,1H3,(H,29,30)(H2,22,23,27,31)/t9-,13+,14?,16+/m0/s1. The first kappa shape index (κ1) is 21.5. The molecule has 32 heavy (non-hydrogen) atoms. The van der Waals surface area contributed by atoms with Crippen LogP contribution in [0.5, 0.6) is 0 Å². The summed E-state index contributed by atoms with van der Waals surface area (Å²) in [4.78, 5) is 59.8. The molecule has 168 valence electrons. The molecule has 1 aromatic carbocycles. The first-order chi connectivity index (χ1) is 15.2. The Hall–Kier alpha value is -3.73. The summed E-state index contributed by atoms with van der Waals surface area (Å²) >= 11 is 0. The summed E-state index contributed by atoms with van der Waals surface area (Å²) < 4.78 is 5.14. The summed E-state index contributed by atoms with van der Waals surface area (Å²) in [6.07, 6.45) is -0.828. The molecule has 3 heterocycles. The number of carboxylic acid groups (broad SMARTS) is 1. The number of imide groups is 1. The molecule has 3 aliphatic rings. The zero-order valence-electron chi connectivity index (χ0n) is 17.0. The number of amides is 4. The highest BCUT2D eigenvalue weighted by molar-refractivity contribution is 6.06. The second-order valence-corrected chi connectivity index (χ2v) is 7.96. The van der Waals surface area contributed by atoms with E-state index in [1.807, 2.05) is 5.32 Å². The second-order valence-electron chi connectivity index (χ2n) is 7.96. The molecule has 0 saturated carbocycles. The number of benzene rings is 1. The number of aliphatic hydroxyl groups excluding tert-OH is 1. The van der Waals surface area contributed by atoms with Crippen LogP contribution in [0, 0.1) is 5.92 Å². The Morgan fingerprint density at radius 2 is 1.91 bits per heavy atom. The van der Waals surface area contributed by atoms with E-state index in [9.17, 15) is 34.2 Å². The van der Waals surface area contributed by atoms with Gasteiger partial charge in [0.1, 0.15) is 18.3 Å². The molecule has 1 aromatic rings. The maximum atomic E-state index is 12.3. The van der Waals surface area contributed by atoms with E-state index in [0.29, 0.717) is 23.1 Å². The molecule has 1 unspecified atom stereocenters. The van der Waals surface area contributed by atoms with E-state index in [-0.39, 0.29) is 24.8 Å². The molecule has 11 heteroatoms. The van der Waals surface area contributed by atoms with Gasteiger partial charge in [-0.3, -0.25) is 19.7 Å². The van der Waals surface area contributed by atoms with Gasteiger partial charge in [0.05, 0.1) is 24.5 Å². The summed E-state index contributed by atoms with van der Waals surface area (Å²) in [7, 11) is 0. The molecule has 4 atom stereocenters. The number of aliphatic hydroxyl groups is 1. The number of urea groups is 1. The van der Waals surface area contributed by atoms with Crippen LogP contribution in [0.15, 0.2) is 30.0 Å². The molecule has 0 spiro atoms. The predicted octanol–water partition coefficient (Wildman–Crippen LogP) is -0.265. The van der Waals surface area contributed by atoms with Gasteiger partial charge in [-0.1, -0.05) is 24.3 Å². The van der Waals surface area contributed by atoms with Gasteiger partial charge in [-0.15, -0.1) is 0 Å². The summed E-state index contributed by atoms with van der Waals surface area (Å²) in [5.74, 6) is -3.46. The average Bonchev–Trinajstić information content (AvgIpc) is 3.23. The number of carbonyl (C=O) groups excluding carboxylic acids is 4. The quantitative estimate of drug-likeness (QED) is 0.254. The molecule has 11 nitrogen and oxygen atoms in total. The first-order valence-electron chi connectivity index (χ1n) is 10.0. The predicted molar refractivity (Wildman–Crippen MR) is 106 cm³/mol. The van der Waals surface area contributed by atoms with Crippen molar-refractivity contribution in [3.63, 3.8) is 0 Å². The van der Waals surface area contributed by atoms with Crippen LogP contribution in [0.2, 0.25) is 0 Å². The number of hydrogen-bond donors (Lipinski definition) is 4. The third-order valence-electron chi connectivity index (χ3n) is 5.86. The summed E-state index contributed by atoms with van der Waals surface area (Å²) in [5, 5.41) is 23.8. The zero-order chi connectivity index (χ0) is 23.2. The number of nitrogens with zero attached hydrogens (tertiary/aromatic N) is 1. The van der Waals surface area contributed by atoms with E-state index < -0.39 is 47.8 Å². The lowest BCUT2D eigenvalue weighted by atomic mass is 9.82. The summed E-state index contributed by atoms with van der Waals surface area (Å²) in [5.41, 5.74) is 1.69. The minimum absolute atomic E-state index is 0.0659. The Labute approximate surface area is 182 Å². The van der Waals surface area contributed by atoms with E-state index in [1.54, 1.807) is 24.3 Å². The van der Waals surface area contributed by atoms with Gasteiger partial charge < -0.3 is 25.2 Å². The van der Waals surface area contributed by atoms with Gasteiger partial charge in [-0.05, 0) is 30.0 Å². The topological polar surface area (TPSA) is 162 Å². The number of carbonyl (C=O) groups is 5. The number of aliphatic carboxylic acids is 1. The van der Waals surface area contributed by atoms with Crippen molar-refractivity contribution in [3.8, 4) is 0 Å². The van der Waals surface area contributed by atoms with Crippen LogP contribution >= 0.6 is 0 Å².